The van der Waals surface area contributed by atoms with E-state index in [9.17, 15) is 4.79 Å². The molecule has 0 radical (unpaired) electrons. The van der Waals surface area contributed by atoms with E-state index in [1.54, 1.807) is 0 Å². The summed E-state index contributed by atoms with van der Waals surface area (Å²) in [4.78, 5) is 17.5. The topological polar surface area (TPSA) is 67.6 Å². The van der Waals surface area contributed by atoms with Gasteiger partial charge in [0, 0.05) is 17.6 Å². The van der Waals surface area contributed by atoms with E-state index in [-0.39, 0.29) is 5.97 Å². The SMILES string of the molecule is CN(CCC(=O)ONN)Cc1ccccc1Br. The molecule has 0 aromatic heterocycles. The Balaban J connectivity index is 2.37. The largest absolute Gasteiger partial charge is 0.356 e. The lowest BCUT2D eigenvalue weighted by molar-refractivity contribution is -0.151. The summed E-state index contributed by atoms with van der Waals surface area (Å²) in [6.45, 7) is 1.38. The van der Waals surface area contributed by atoms with Crippen LogP contribution in [0.5, 0.6) is 0 Å². The van der Waals surface area contributed by atoms with Crippen molar-refractivity contribution >= 4 is 21.9 Å². The fourth-order valence-corrected chi connectivity index (χ4v) is 1.81. The summed E-state index contributed by atoms with van der Waals surface area (Å²) in [6.07, 6.45) is 0.297. The lowest BCUT2D eigenvalue weighted by atomic mass is 10.2. The Bertz CT molecular complexity index is 373. The summed E-state index contributed by atoms with van der Waals surface area (Å²) in [5.74, 6) is 4.50. The number of hydrogen-bond acceptors (Lipinski definition) is 5. The average molecular weight is 302 g/mol. The molecule has 0 saturated carbocycles. The summed E-state index contributed by atoms with van der Waals surface area (Å²) in [7, 11) is 1.95. The van der Waals surface area contributed by atoms with Gasteiger partial charge in [0.05, 0.1) is 6.42 Å². The van der Waals surface area contributed by atoms with E-state index in [1.807, 2.05) is 41.8 Å². The van der Waals surface area contributed by atoms with Crippen LogP contribution in [0.2, 0.25) is 0 Å². The van der Waals surface area contributed by atoms with Crippen molar-refractivity contribution in [2.24, 2.45) is 5.84 Å². The molecule has 5 nitrogen and oxygen atoms in total. The van der Waals surface area contributed by atoms with Crippen molar-refractivity contribution < 1.29 is 9.63 Å². The van der Waals surface area contributed by atoms with Crippen LogP contribution in [0.15, 0.2) is 28.7 Å². The summed E-state index contributed by atoms with van der Waals surface area (Å²) in [5.41, 5.74) is 3.06. The number of nitrogens with one attached hydrogen (secondary N) is 1. The van der Waals surface area contributed by atoms with Crippen LogP contribution in [0.3, 0.4) is 0 Å². The molecule has 0 saturated heterocycles. The van der Waals surface area contributed by atoms with Crippen LogP contribution in [0, 0.1) is 0 Å². The van der Waals surface area contributed by atoms with Gasteiger partial charge in [-0.2, -0.15) is 0 Å². The van der Waals surface area contributed by atoms with Crippen molar-refractivity contribution in [1.82, 2.24) is 10.5 Å². The second-order valence-electron chi connectivity index (χ2n) is 3.67. The minimum atomic E-state index is -0.369. The Morgan fingerprint density at radius 3 is 2.88 bits per heavy atom. The first-order chi connectivity index (χ1) is 8.13. The third-order valence-electron chi connectivity index (χ3n) is 2.27. The number of carbonyl (C=O) groups is 1. The van der Waals surface area contributed by atoms with E-state index in [2.05, 4.69) is 20.8 Å². The Morgan fingerprint density at radius 2 is 2.24 bits per heavy atom. The molecule has 0 unspecified atom stereocenters. The van der Waals surface area contributed by atoms with E-state index < -0.39 is 0 Å². The quantitative estimate of drug-likeness (QED) is 0.610. The van der Waals surface area contributed by atoms with Crippen LogP contribution in [0.1, 0.15) is 12.0 Å². The average Bonchev–Trinajstić information content (AvgIpc) is 2.30. The molecule has 17 heavy (non-hydrogen) atoms. The number of hydrogen-bond donors (Lipinski definition) is 2. The highest BCUT2D eigenvalue weighted by Gasteiger charge is 2.07. The molecule has 1 rings (SSSR count). The number of hydrazine groups is 1. The fraction of sp³-hybridized carbons (Fsp3) is 0.364. The van der Waals surface area contributed by atoms with Crippen molar-refractivity contribution in [3.63, 3.8) is 0 Å². The van der Waals surface area contributed by atoms with Gasteiger partial charge in [-0.3, -0.25) is 4.79 Å². The maximum atomic E-state index is 11.1. The van der Waals surface area contributed by atoms with Gasteiger partial charge < -0.3 is 9.74 Å². The third-order valence-corrected chi connectivity index (χ3v) is 3.04. The zero-order chi connectivity index (χ0) is 12.7. The lowest BCUT2D eigenvalue weighted by Gasteiger charge is -2.16. The number of benzene rings is 1. The van der Waals surface area contributed by atoms with Crippen LogP contribution in [0.25, 0.3) is 0 Å². The lowest BCUT2D eigenvalue weighted by Crippen LogP contribution is -2.29. The van der Waals surface area contributed by atoms with Crippen molar-refractivity contribution in [3.05, 3.63) is 34.3 Å². The molecule has 0 aliphatic carbocycles. The van der Waals surface area contributed by atoms with Crippen molar-refractivity contribution in [1.29, 1.82) is 0 Å². The van der Waals surface area contributed by atoms with Gasteiger partial charge in [-0.25, -0.2) is 5.84 Å². The molecule has 0 atom stereocenters. The minimum absolute atomic E-state index is 0.297. The molecule has 6 heteroatoms. The number of nitrogens with zero attached hydrogens (tertiary/aromatic N) is 1. The Labute approximate surface area is 109 Å². The molecule has 94 valence electrons. The van der Waals surface area contributed by atoms with Crippen molar-refractivity contribution in [3.8, 4) is 0 Å². The predicted octanol–water partition coefficient (Wildman–Crippen LogP) is 1.19. The highest BCUT2D eigenvalue weighted by atomic mass is 79.9. The van der Waals surface area contributed by atoms with Gasteiger partial charge in [0.1, 0.15) is 0 Å². The number of carbonyl (C=O) groups excluding carboxylic acids is 1. The third kappa shape index (κ3) is 5.27. The Kier molecular flexibility index (Phi) is 6.13. The van der Waals surface area contributed by atoms with Gasteiger partial charge in [-0.1, -0.05) is 39.7 Å². The van der Waals surface area contributed by atoms with Crippen molar-refractivity contribution in [2.75, 3.05) is 13.6 Å². The van der Waals surface area contributed by atoms with E-state index >= 15 is 0 Å². The molecule has 0 heterocycles. The zero-order valence-electron chi connectivity index (χ0n) is 9.65. The van der Waals surface area contributed by atoms with Gasteiger partial charge in [-0.05, 0) is 18.7 Å². The molecule has 0 amide bonds. The van der Waals surface area contributed by atoms with Gasteiger partial charge in [0.2, 0.25) is 0 Å². The molecular weight excluding hydrogens is 286 g/mol. The zero-order valence-corrected chi connectivity index (χ0v) is 11.2. The van der Waals surface area contributed by atoms with E-state index in [1.165, 1.54) is 5.56 Å². The van der Waals surface area contributed by atoms with Crippen LogP contribution in [0.4, 0.5) is 0 Å². The first-order valence-corrected chi connectivity index (χ1v) is 6.00. The molecule has 0 bridgehead atoms. The second-order valence-corrected chi connectivity index (χ2v) is 4.53. The van der Waals surface area contributed by atoms with E-state index in [0.29, 0.717) is 13.0 Å². The maximum absolute atomic E-state index is 11.1. The highest BCUT2D eigenvalue weighted by Crippen LogP contribution is 2.17. The fourth-order valence-electron chi connectivity index (χ4n) is 1.40. The number of nitrogens with two attached hydrogens (primary N) is 1. The normalized spacial score (nSPS) is 10.6. The molecule has 0 spiro atoms. The van der Waals surface area contributed by atoms with Crippen LogP contribution < -0.4 is 11.4 Å². The van der Waals surface area contributed by atoms with Crippen LogP contribution in [-0.2, 0) is 16.2 Å². The number of halogens is 1. The summed E-state index contributed by atoms with van der Waals surface area (Å²) in [5, 5.41) is 0. The minimum Gasteiger partial charge on any atom is -0.356 e. The van der Waals surface area contributed by atoms with E-state index in [0.717, 1.165) is 11.0 Å². The highest BCUT2D eigenvalue weighted by molar-refractivity contribution is 9.10. The Hall–Kier alpha value is -0.950. The smallest absolute Gasteiger partial charge is 0.327 e. The standard InChI is InChI=1S/C11H16BrN3O2/c1-15(7-6-11(16)17-14-13)8-9-4-2-3-5-10(9)12/h2-5,14H,6-8,13H2,1H3. The van der Waals surface area contributed by atoms with Crippen molar-refractivity contribution in [2.45, 2.75) is 13.0 Å². The predicted molar refractivity (Wildman–Crippen MR) is 68.5 cm³/mol. The summed E-state index contributed by atoms with van der Waals surface area (Å²) in [6, 6.07) is 7.99. The molecule has 0 fully saturated rings. The number of rotatable bonds is 6. The molecule has 3 N–H and O–H groups in total. The van der Waals surface area contributed by atoms with Gasteiger partial charge in [0.25, 0.3) is 0 Å². The summed E-state index contributed by atoms with van der Waals surface area (Å²) >= 11 is 3.48. The molecule has 1 aromatic carbocycles. The molecule has 0 aliphatic heterocycles. The molecular formula is C11H16BrN3O2. The van der Waals surface area contributed by atoms with Crippen LogP contribution >= 0.6 is 15.9 Å². The summed E-state index contributed by atoms with van der Waals surface area (Å²) < 4.78 is 1.07. The monoisotopic (exact) mass is 301 g/mol. The van der Waals surface area contributed by atoms with Gasteiger partial charge in [-0.15, -0.1) is 0 Å². The molecule has 1 aromatic rings. The maximum Gasteiger partial charge on any atom is 0.327 e. The first kappa shape index (κ1) is 14.1. The Morgan fingerprint density at radius 1 is 1.53 bits per heavy atom. The second kappa shape index (κ2) is 7.39. The van der Waals surface area contributed by atoms with E-state index in [4.69, 9.17) is 5.84 Å². The molecule has 0 aliphatic rings. The van der Waals surface area contributed by atoms with Gasteiger partial charge in [0.15, 0.2) is 0 Å². The van der Waals surface area contributed by atoms with Gasteiger partial charge >= 0.3 is 5.97 Å². The first-order valence-electron chi connectivity index (χ1n) is 5.20. The van der Waals surface area contributed by atoms with Crippen LogP contribution in [-0.4, -0.2) is 24.5 Å².